The van der Waals surface area contributed by atoms with Crippen LogP contribution in [0.15, 0.2) is 0 Å². The van der Waals surface area contributed by atoms with E-state index in [2.05, 4.69) is 10.2 Å². The normalized spacial score (nSPS) is 32.6. The first-order valence-electron chi connectivity index (χ1n) is 6.33. The highest BCUT2D eigenvalue weighted by atomic mass is 35.5. The topological polar surface area (TPSA) is 15.3 Å². The SMILES string of the molecule is C1CNCC(N2CCC3(CCC3)C2)C1.Cl.Cl. The largest absolute Gasteiger partial charge is 0.315 e. The molecule has 3 aliphatic rings. The van der Waals surface area contributed by atoms with E-state index in [-0.39, 0.29) is 24.8 Å². The number of likely N-dealkylation sites (tertiary alicyclic amines) is 1. The number of nitrogens with one attached hydrogen (secondary N) is 1. The molecule has 2 heterocycles. The van der Waals surface area contributed by atoms with Crippen molar-refractivity contribution in [1.29, 1.82) is 0 Å². The van der Waals surface area contributed by atoms with Gasteiger partial charge in [-0.3, -0.25) is 4.90 Å². The fraction of sp³-hybridized carbons (Fsp3) is 1.00. The average molecular weight is 267 g/mol. The third kappa shape index (κ3) is 2.66. The third-order valence-corrected chi connectivity index (χ3v) is 4.67. The van der Waals surface area contributed by atoms with E-state index < -0.39 is 0 Å². The molecule has 1 N–H and O–H groups in total. The van der Waals surface area contributed by atoms with Gasteiger partial charge in [-0.05, 0) is 50.6 Å². The molecule has 2 nitrogen and oxygen atoms in total. The molecule has 96 valence electrons. The third-order valence-electron chi connectivity index (χ3n) is 4.67. The summed E-state index contributed by atoms with van der Waals surface area (Å²) in [5, 5.41) is 3.53. The Labute approximate surface area is 111 Å². The maximum absolute atomic E-state index is 3.53. The zero-order chi connectivity index (χ0) is 9.43. The van der Waals surface area contributed by atoms with Crippen molar-refractivity contribution in [2.75, 3.05) is 26.2 Å². The van der Waals surface area contributed by atoms with Gasteiger partial charge in [-0.2, -0.15) is 0 Å². The van der Waals surface area contributed by atoms with E-state index >= 15 is 0 Å². The van der Waals surface area contributed by atoms with Crippen molar-refractivity contribution in [2.24, 2.45) is 5.41 Å². The molecule has 1 atom stereocenters. The van der Waals surface area contributed by atoms with Crippen LogP contribution < -0.4 is 5.32 Å². The van der Waals surface area contributed by atoms with Crippen LogP contribution in [0.2, 0.25) is 0 Å². The molecule has 0 amide bonds. The first-order valence-corrected chi connectivity index (χ1v) is 6.33. The second-order valence-corrected chi connectivity index (χ2v) is 5.57. The van der Waals surface area contributed by atoms with Crippen LogP contribution in [0.1, 0.15) is 38.5 Å². The van der Waals surface area contributed by atoms with Crippen molar-refractivity contribution in [3.63, 3.8) is 0 Å². The van der Waals surface area contributed by atoms with Crippen molar-refractivity contribution in [3.8, 4) is 0 Å². The molecule has 0 radical (unpaired) electrons. The molecule has 3 rings (SSSR count). The van der Waals surface area contributed by atoms with Gasteiger partial charge in [-0.15, -0.1) is 24.8 Å². The summed E-state index contributed by atoms with van der Waals surface area (Å²) < 4.78 is 0. The predicted molar refractivity (Wildman–Crippen MR) is 72.9 cm³/mol. The van der Waals surface area contributed by atoms with Crippen LogP contribution in [-0.2, 0) is 0 Å². The van der Waals surface area contributed by atoms with Crippen molar-refractivity contribution in [1.82, 2.24) is 10.2 Å². The molecule has 4 heteroatoms. The van der Waals surface area contributed by atoms with Gasteiger partial charge in [0.05, 0.1) is 0 Å². The van der Waals surface area contributed by atoms with E-state index in [4.69, 9.17) is 0 Å². The van der Waals surface area contributed by atoms with E-state index in [9.17, 15) is 0 Å². The highest BCUT2D eigenvalue weighted by Gasteiger charge is 2.44. The van der Waals surface area contributed by atoms with Gasteiger partial charge in [0.1, 0.15) is 0 Å². The second-order valence-electron chi connectivity index (χ2n) is 5.57. The predicted octanol–water partition coefficient (Wildman–Crippen LogP) is 2.46. The molecule has 2 saturated heterocycles. The molecule has 16 heavy (non-hydrogen) atoms. The first-order chi connectivity index (χ1) is 6.88. The molecule has 0 aromatic carbocycles. The van der Waals surface area contributed by atoms with Crippen molar-refractivity contribution >= 4 is 24.8 Å². The number of halogens is 2. The van der Waals surface area contributed by atoms with Crippen LogP contribution in [0, 0.1) is 5.41 Å². The van der Waals surface area contributed by atoms with Gasteiger partial charge >= 0.3 is 0 Å². The van der Waals surface area contributed by atoms with Gasteiger partial charge in [-0.1, -0.05) is 6.42 Å². The smallest absolute Gasteiger partial charge is 0.0221 e. The molecule has 2 aliphatic heterocycles. The molecular formula is C12H24Cl2N2. The van der Waals surface area contributed by atoms with Crippen LogP contribution in [0.4, 0.5) is 0 Å². The standard InChI is InChI=1S/C12H22N2.2ClH/c1-3-11(9-13-7-1)14-8-6-12(10-14)4-2-5-12;;/h11,13H,1-10H2;2*1H. The molecule has 0 aromatic rings. The number of piperidine rings is 1. The maximum atomic E-state index is 3.53. The minimum Gasteiger partial charge on any atom is -0.315 e. The summed E-state index contributed by atoms with van der Waals surface area (Å²) in [5.41, 5.74) is 0.789. The van der Waals surface area contributed by atoms with Gasteiger partial charge in [0.15, 0.2) is 0 Å². The van der Waals surface area contributed by atoms with Gasteiger partial charge in [-0.25, -0.2) is 0 Å². The van der Waals surface area contributed by atoms with Crippen LogP contribution in [0.3, 0.4) is 0 Å². The first kappa shape index (κ1) is 14.6. The highest BCUT2D eigenvalue weighted by Crippen LogP contribution is 2.48. The number of hydrogen-bond donors (Lipinski definition) is 1. The molecule has 3 fully saturated rings. The zero-order valence-corrected chi connectivity index (χ0v) is 11.5. The monoisotopic (exact) mass is 266 g/mol. The van der Waals surface area contributed by atoms with E-state index in [0.29, 0.717) is 0 Å². The van der Waals surface area contributed by atoms with Crippen LogP contribution in [0.25, 0.3) is 0 Å². The Hall–Kier alpha value is 0.500. The molecule has 1 saturated carbocycles. The molecule has 1 aliphatic carbocycles. The second kappa shape index (κ2) is 5.90. The Bertz CT molecular complexity index is 213. The molecule has 1 spiro atoms. The maximum Gasteiger partial charge on any atom is 0.0221 e. The van der Waals surface area contributed by atoms with Gasteiger partial charge in [0, 0.05) is 19.1 Å². The summed E-state index contributed by atoms with van der Waals surface area (Å²) >= 11 is 0. The fourth-order valence-electron chi connectivity index (χ4n) is 3.51. The lowest BCUT2D eigenvalue weighted by Crippen LogP contribution is -2.46. The fourth-order valence-corrected chi connectivity index (χ4v) is 3.51. The Morgan fingerprint density at radius 3 is 2.38 bits per heavy atom. The Morgan fingerprint density at radius 1 is 1.06 bits per heavy atom. The summed E-state index contributed by atoms with van der Waals surface area (Å²) in [5.74, 6) is 0. The summed E-state index contributed by atoms with van der Waals surface area (Å²) in [4.78, 5) is 2.77. The van der Waals surface area contributed by atoms with Crippen LogP contribution in [0.5, 0.6) is 0 Å². The summed E-state index contributed by atoms with van der Waals surface area (Å²) in [6.45, 7) is 5.29. The summed E-state index contributed by atoms with van der Waals surface area (Å²) in [6, 6.07) is 0.865. The lowest BCUT2D eigenvalue weighted by Gasteiger charge is -2.40. The number of rotatable bonds is 1. The number of hydrogen-bond acceptors (Lipinski definition) is 2. The van der Waals surface area contributed by atoms with Gasteiger partial charge in [0.2, 0.25) is 0 Å². The quantitative estimate of drug-likeness (QED) is 0.785. The van der Waals surface area contributed by atoms with Gasteiger partial charge < -0.3 is 5.32 Å². The molecule has 0 bridgehead atoms. The Balaban J connectivity index is 0.000000640. The van der Waals surface area contributed by atoms with Crippen molar-refractivity contribution in [3.05, 3.63) is 0 Å². The molecular weight excluding hydrogens is 243 g/mol. The van der Waals surface area contributed by atoms with Crippen LogP contribution >= 0.6 is 24.8 Å². The lowest BCUT2D eigenvalue weighted by molar-refractivity contribution is 0.116. The summed E-state index contributed by atoms with van der Waals surface area (Å²) in [7, 11) is 0. The minimum absolute atomic E-state index is 0. The van der Waals surface area contributed by atoms with E-state index in [1.54, 1.807) is 0 Å². The van der Waals surface area contributed by atoms with Crippen molar-refractivity contribution < 1.29 is 0 Å². The summed E-state index contributed by atoms with van der Waals surface area (Å²) in [6.07, 6.45) is 8.84. The Kier molecular flexibility index (Phi) is 5.37. The molecule has 1 unspecified atom stereocenters. The van der Waals surface area contributed by atoms with Gasteiger partial charge in [0.25, 0.3) is 0 Å². The lowest BCUT2D eigenvalue weighted by atomic mass is 9.68. The average Bonchev–Trinajstić information content (AvgIpc) is 2.63. The van der Waals surface area contributed by atoms with Crippen molar-refractivity contribution in [2.45, 2.75) is 44.6 Å². The highest BCUT2D eigenvalue weighted by molar-refractivity contribution is 5.85. The minimum atomic E-state index is 0. The van der Waals surface area contributed by atoms with E-state index in [1.807, 2.05) is 0 Å². The Morgan fingerprint density at radius 2 is 1.88 bits per heavy atom. The zero-order valence-electron chi connectivity index (χ0n) is 9.91. The van der Waals surface area contributed by atoms with Crippen LogP contribution in [-0.4, -0.2) is 37.1 Å². The molecule has 0 aromatic heterocycles. The van der Waals surface area contributed by atoms with E-state index in [1.165, 1.54) is 64.7 Å². The van der Waals surface area contributed by atoms with E-state index in [0.717, 1.165) is 11.5 Å². The number of nitrogens with zero attached hydrogens (tertiary/aromatic N) is 1.